The van der Waals surface area contributed by atoms with Crippen LogP contribution in [0.25, 0.3) is 0 Å². The lowest BCUT2D eigenvalue weighted by atomic mass is 9.80. The van der Waals surface area contributed by atoms with Gasteiger partial charge in [-0.2, -0.15) is 0 Å². The molecule has 268 valence electrons. The molecule has 0 amide bonds. The van der Waals surface area contributed by atoms with Gasteiger partial charge in [-0.15, -0.1) is 0 Å². The van der Waals surface area contributed by atoms with Gasteiger partial charge in [0, 0.05) is 36.5 Å². The summed E-state index contributed by atoms with van der Waals surface area (Å²) in [5, 5.41) is 44.1. The lowest BCUT2D eigenvalue weighted by Crippen LogP contribution is -2.42. The highest BCUT2D eigenvalue weighted by Gasteiger charge is 2.40. The fourth-order valence-electron chi connectivity index (χ4n) is 6.89. The average Bonchev–Trinajstić information content (AvgIpc) is 3.08. The molecule has 4 unspecified atom stereocenters. The Hall–Kier alpha value is -3.10. The highest BCUT2D eigenvalue weighted by atomic mass is 16.3. The van der Waals surface area contributed by atoms with E-state index in [2.05, 4.69) is 27.7 Å². The zero-order valence-electron chi connectivity index (χ0n) is 30.4. The standard InChI is InChI=1S/C40H62N2O6/c1-7-11-13-15-17-19-29(43)25-41(27(5)9-3)31-21-22-32(42(28(6)10-4)26-30(44)20-18-16-14-12-8-2)36-35(31)39(47)37-33(45)23-24-34(46)38(37)40(36)48/h21-24,27-30,43-46H,7-20,25-26H2,1-6H3. The van der Waals surface area contributed by atoms with Crippen LogP contribution in [0.1, 0.15) is 163 Å². The Bertz CT molecular complexity index is 1240. The summed E-state index contributed by atoms with van der Waals surface area (Å²) in [6.45, 7) is 13.1. The SMILES string of the molecule is CCCCCCCC(O)CN(c1ccc(N(CC(O)CCCCCCC)C(C)CC)c2c1C(=O)c1c(O)ccc(O)c1C2=O)C(C)CC. The van der Waals surface area contributed by atoms with Gasteiger partial charge in [0.25, 0.3) is 0 Å². The molecule has 0 heterocycles. The number of phenols is 2. The molecule has 0 fully saturated rings. The number of aliphatic hydroxyl groups excluding tert-OH is 2. The molecule has 1 aliphatic rings. The van der Waals surface area contributed by atoms with Crippen LogP contribution in [0.5, 0.6) is 11.5 Å². The monoisotopic (exact) mass is 666 g/mol. The van der Waals surface area contributed by atoms with Gasteiger partial charge in [-0.1, -0.05) is 91.9 Å². The van der Waals surface area contributed by atoms with Crippen molar-refractivity contribution in [2.24, 2.45) is 0 Å². The molecule has 3 rings (SSSR count). The van der Waals surface area contributed by atoms with Crippen LogP contribution in [0.15, 0.2) is 24.3 Å². The topological polar surface area (TPSA) is 122 Å². The number of carbonyl (C=O) groups is 2. The second-order valence-corrected chi connectivity index (χ2v) is 13.9. The molecule has 0 spiro atoms. The first-order valence-electron chi connectivity index (χ1n) is 18.7. The number of aromatic hydroxyl groups is 2. The number of aliphatic hydroxyl groups is 2. The van der Waals surface area contributed by atoms with Crippen LogP contribution in [-0.4, -0.2) is 69.4 Å². The molecule has 0 radical (unpaired) electrons. The van der Waals surface area contributed by atoms with Crippen molar-refractivity contribution in [3.63, 3.8) is 0 Å². The smallest absolute Gasteiger partial charge is 0.200 e. The van der Waals surface area contributed by atoms with Gasteiger partial charge < -0.3 is 30.2 Å². The molecule has 0 aliphatic heterocycles. The molecule has 0 saturated heterocycles. The van der Waals surface area contributed by atoms with Crippen LogP contribution in [0.4, 0.5) is 11.4 Å². The first kappa shape index (κ1) is 39.3. The molecule has 0 bridgehead atoms. The van der Waals surface area contributed by atoms with Gasteiger partial charge in [-0.3, -0.25) is 9.59 Å². The van der Waals surface area contributed by atoms with Gasteiger partial charge in [0.15, 0.2) is 0 Å². The Balaban J connectivity index is 2.13. The number of nitrogens with zero attached hydrogens (tertiary/aromatic N) is 2. The fourth-order valence-corrected chi connectivity index (χ4v) is 6.89. The van der Waals surface area contributed by atoms with Gasteiger partial charge >= 0.3 is 0 Å². The normalized spacial score (nSPS) is 15.1. The first-order chi connectivity index (χ1) is 23.0. The van der Waals surface area contributed by atoms with E-state index in [1.165, 1.54) is 25.0 Å². The third-order valence-corrected chi connectivity index (χ3v) is 10.2. The maximum atomic E-state index is 14.5. The van der Waals surface area contributed by atoms with Crippen LogP contribution in [0.3, 0.4) is 0 Å². The number of benzene rings is 2. The predicted octanol–water partition coefficient (Wildman–Crippen LogP) is 8.53. The van der Waals surface area contributed by atoms with E-state index in [0.717, 1.165) is 64.2 Å². The summed E-state index contributed by atoms with van der Waals surface area (Å²) >= 11 is 0. The molecular weight excluding hydrogens is 604 g/mol. The minimum absolute atomic E-state index is 0.0584. The van der Waals surface area contributed by atoms with E-state index >= 15 is 0 Å². The maximum absolute atomic E-state index is 14.5. The van der Waals surface area contributed by atoms with Crippen molar-refractivity contribution in [3.8, 4) is 11.5 Å². The molecule has 0 saturated carbocycles. The van der Waals surface area contributed by atoms with Crippen molar-refractivity contribution >= 4 is 22.9 Å². The summed E-state index contributed by atoms with van der Waals surface area (Å²) in [6, 6.07) is 6.08. The Morgan fingerprint density at radius 3 is 1.23 bits per heavy atom. The Labute approximate surface area is 289 Å². The molecule has 8 heteroatoms. The number of rotatable bonds is 22. The summed E-state index contributed by atoms with van der Waals surface area (Å²) in [7, 11) is 0. The molecule has 4 atom stereocenters. The number of fused-ring (bicyclic) bond motifs is 2. The number of carbonyl (C=O) groups excluding carboxylic acids is 2. The largest absolute Gasteiger partial charge is 0.507 e. The second-order valence-electron chi connectivity index (χ2n) is 13.9. The van der Waals surface area contributed by atoms with Crippen molar-refractivity contribution in [2.45, 2.75) is 156 Å². The van der Waals surface area contributed by atoms with Gasteiger partial charge in [-0.05, 0) is 63.8 Å². The van der Waals surface area contributed by atoms with Gasteiger partial charge in [0.2, 0.25) is 11.6 Å². The van der Waals surface area contributed by atoms with Crippen molar-refractivity contribution in [3.05, 3.63) is 46.5 Å². The number of hydrogen-bond donors (Lipinski definition) is 4. The lowest BCUT2D eigenvalue weighted by Gasteiger charge is -2.39. The van der Waals surface area contributed by atoms with E-state index < -0.39 is 23.8 Å². The fraction of sp³-hybridized carbons (Fsp3) is 0.650. The minimum Gasteiger partial charge on any atom is -0.507 e. The minimum atomic E-state index is -0.626. The molecule has 1 aliphatic carbocycles. The average molecular weight is 667 g/mol. The van der Waals surface area contributed by atoms with E-state index in [1.807, 2.05) is 35.8 Å². The molecule has 2 aromatic carbocycles. The van der Waals surface area contributed by atoms with Gasteiger partial charge in [0.05, 0.1) is 34.5 Å². The number of anilines is 2. The van der Waals surface area contributed by atoms with Crippen LogP contribution in [0.2, 0.25) is 0 Å². The Kier molecular flexibility index (Phi) is 15.7. The molecule has 8 nitrogen and oxygen atoms in total. The summed E-state index contributed by atoms with van der Waals surface area (Å²) in [6.07, 6.45) is 12.4. The van der Waals surface area contributed by atoms with E-state index in [-0.39, 0.29) is 45.8 Å². The number of hydrogen-bond acceptors (Lipinski definition) is 8. The Morgan fingerprint density at radius 1 is 0.542 bits per heavy atom. The second kappa shape index (κ2) is 19.2. The van der Waals surface area contributed by atoms with E-state index in [1.54, 1.807) is 0 Å². The van der Waals surface area contributed by atoms with Crippen molar-refractivity contribution in [1.82, 2.24) is 0 Å². The number of unbranched alkanes of at least 4 members (excludes halogenated alkanes) is 8. The molecule has 2 aromatic rings. The van der Waals surface area contributed by atoms with Crippen LogP contribution in [0, 0.1) is 0 Å². The van der Waals surface area contributed by atoms with Crippen LogP contribution >= 0.6 is 0 Å². The van der Waals surface area contributed by atoms with Crippen molar-refractivity contribution in [2.75, 3.05) is 22.9 Å². The third kappa shape index (κ3) is 9.53. The van der Waals surface area contributed by atoms with E-state index in [9.17, 15) is 30.0 Å². The molecule has 0 aromatic heterocycles. The molecule has 48 heavy (non-hydrogen) atoms. The quantitative estimate of drug-likeness (QED) is 0.0622. The summed E-state index contributed by atoms with van der Waals surface area (Å²) in [5.41, 5.74) is 0.996. The van der Waals surface area contributed by atoms with E-state index in [0.29, 0.717) is 37.3 Å². The first-order valence-corrected chi connectivity index (χ1v) is 18.7. The maximum Gasteiger partial charge on any atom is 0.200 e. The summed E-state index contributed by atoms with van der Waals surface area (Å²) in [4.78, 5) is 33.1. The molecule has 4 N–H and O–H groups in total. The third-order valence-electron chi connectivity index (χ3n) is 10.2. The van der Waals surface area contributed by atoms with E-state index in [4.69, 9.17) is 0 Å². The van der Waals surface area contributed by atoms with Gasteiger partial charge in [0.1, 0.15) is 11.5 Å². The Morgan fingerprint density at radius 2 is 0.896 bits per heavy atom. The van der Waals surface area contributed by atoms with Crippen molar-refractivity contribution in [1.29, 1.82) is 0 Å². The van der Waals surface area contributed by atoms with Crippen LogP contribution in [-0.2, 0) is 0 Å². The highest BCUT2D eigenvalue weighted by molar-refractivity contribution is 6.33. The number of phenolic OH excluding ortho intramolecular Hbond substituents is 2. The number of ketones is 2. The van der Waals surface area contributed by atoms with Gasteiger partial charge in [-0.25, -0.2) is 0 Å². The zero-order valence-corrected chi connectivity index (χ0v) is 30.4. The zero-order chi connectivity index (χ0) is 35.4. The van der Waals surface area contributed by atoms with Crippen LogP contribution < -0.4 is 9.80 Å². The summed E-state index contributed by atoms with van der Waals surface area (Å²) < 4.78 is 0. The van der Waals surface area contributed by atoms with Crippen molar-refractivity contribution < 1.29 is 30.0 Å². The predicted molar refractivity (Wildman–Crippen MR) is 196 cm³/mol. The molecular formula is C40H62N2O6. The highest BCUT2D eigenvalue weighted by Crippen LogP contribution is 2.45. The summed E-state index contributed by atoms with van der Waals surface area (Å²) in [5.74, 6) is -1.79. The lowest BCUT2D eigenvalue weighted by molar-refractivity contribution is 0.0974.